The normalized spacial score (nSPS) is 16.6. The standard InChI is InChI=1S/C14H18IN5/c15-12-3-1-2-11(8-12)13-17-14(19-18-13)20-6-4-10(9-16)5-7-20/h1-3,8,10H,4-7,9,16H2,(H,17,18,19). The zero-order chi connectivity index (χ0) is 13.9. The molecule has 1 aliphatic rings. The van der Waals surface area contributed by atoms with Crippen LogP contribution in [0.4, 0.5) is 5.95 Å². The fourth-order valence-electron chi connectivity index (χ4n) is 2.53. The van der Waals surface area contributed by atoms with Crippen molar-refractivity contribution in [2.75, 3.05) is 24.5 Å². The highest BCUT2D eigenvalue weighted by molar-refractivity contribution is 14.1. The minimum absolute atomic E-state index is 0.653. The number of rotatable bonds is 3. The van der Waals surface area contributed by atoms with Crippen molar-refractivity contribution >= 4 is 28.5 Å². The van der Waals surface area contributed by atoms with E-state index in [4.69, 9.17) is 5.73 Å². The third-order valence-corrected chi connectivity index (χ3v) is 4.47. The summed E-state index contributed by atoms with van der Waals surface area (Å²) in [6.07, 6.45) is 2.26. The minimum atomic E-state index is 0.653. The highest BCUT2D eigenvalue weighted by Crippen LogP contribution is 2.23. The Balaban J connectivity index is 1.74. The summed E-state index contributed by atoms with van der Waals surface area (Å²) in [7, 11) is 0. The lowest BCUT2D eigenvalue weighted by atomic mass is 9.97. The van der Waals surface area contributed by atoms with Crippen LogP contribution >= 0.6 is 22.6 Å². The van der Waals surface area contributed by atoms with Gasteiger partial charge in [0.15, 0.2) is 5.82 Å². The van der Waals surface area contributed by atoms with Crippen LogP contribution in [0.1, 0.15) is 12.8 Å². The number of nitrogens with one attached hydrogen (secondary N) is 1. The topological polar surface area (TPSA) is 70.8 Å². The molecule has 1 aromatic heterocycles. The van der Waals surface area contributed by atoms with Gasteiger partial charge >= 0.3 is 0 Å². The zero-order valence-corrected chi connectivity index (χ0v) is 13.4. The second-order valence-electron chi connectivity index (χ2n) is 5.16. The zero-order valence-electron chi connectivity index (χ0n) is 11.2. The Kier molecular flexibility index (Phi) is 4.21. The van der Waals surface area contributed by atoms with Gasteiger partial charge in [0.25, 0.3) is 0 Å². The summed E-state index contributed by atoms with van der Waals surface area (Å²) in [6, 6.07) is 8.25. The largest absolute Gasteiger partial charge is 0.340 e. The molecule has 0 unspecified atom stereocenters. The van der Waals surface area contributed by atoms with E-state index in [9.17, 15) is 0 Å². The van der Waals surface area contributed by atoms with Crippen LogP contribution in [0.3, 0.4) is 0 Å². The van der Waals surface area contributed by atoms with Gasteiger partial charge < -0.3 is 10.6 Å². The van der Waals surface area contributed by atoms with Crippen LogP contribution in [0.25, 0.3) is 11.4 Å². The number of hydrogen-bond acceptors (Lipinski definition) is 4. The van der Waals surface area contributed by atoms with Crippen molar-refractivity contribution in [3.63, 3.8) is 0 Å². The van der Waals surface area contributed by atoms with Crippen molar-refractivity contribution in [2.45, 2.75) is 12.8 Å². The number of nitrogens with two attached hydrogens (primary N) is 1. The first-order chi connectivity index (χ1) is 9.76. The molecule has 6 heteroatoms. The van der Waals surface area contributed by atoms with Crippen LogP contribution < -0.4 is 10.6 Å². The molecule has 1 aromatic carbocycles. The maximum Gasteiger partial charge on any atom is 0.245 e. The molecule has 1 aliphatic heterocycles. The summed E-state index contributed by atoms with van der Waals surface area (Å²) >= 11 is 2.30. The molecule has 0 saturated carbocycles. The maximum atomic E-state index is 5.72. The fraction of sp³-hybridized carbons (Fsp3) is 0.429. The van der Waals surface area contributed by atoms with Gasteiger partial charge in [-0.15, -0.1) is 5.10 Å². The average molecular weight is 383 g/mol. The summed E-state index contributed by atoms with van der Waals surface area (Å²) in [5, 5.41) is 7.39. The monoisotopic (exact) mass is 383 g/mol. The molecule has 106 valence electrons. The number of halogens is 1. The molecular weight excluding hydrogens is 365 g/mol. The van der Waals surface area contributed by atoms with Gasteiger partial charge in [-0.2, -0.15) is 4.98 Å². The predicted octanol–water partition coefficient (Wildman–Crippen LogP) is 2.25. The molecule has 0 aliphatic carbocycles. The van der Waals surface area contributed by atoms with Crippen LogP contribution in [-0.2, 0) is 0 Å². The Hall–Kier alpha value is -1.15. The van der Waals surface area contributed by atoms with E-state index in [0.717, 1.165) is 49.8 Å². The van der Waals surface area contributed by atoms with Crippen LogP contribution in [0.15, 0.2) is 24.3 Å². The summed E-state index contributed by atoms with van der Waals surface area (Å²) in [5.74, 6) is 2.29. The molecule has 0 spiro atoms. The van der Waals surface area contributed by atoms with E-state index in [2.05, 4.69) is 54.8 Å². The highest BCUT2D eigenvalue weighted by Gasteiger charge is 2.21. The number of benzene rings is 1. The molecule has 3 N–H and O–H groups in total. The summed E-state index contributed by atoms with van der Waals surface area (Å²) < 4.78 is 1.20. The van der Waals surface area contributed by atoms with Gasteiger partial charge in [0.05, 0.1) is 0 Å². The molecule has 2 heterocycles. The Morgan fingerprint density at radius 3 is 2.85 bits per heavy atom. The van der Waals surface area contributed by atoms with Gasteiger partial charge in [-0.1, -0.05) is 12.1 Å². The van der Waals surface area contributed by atoms with Gasteiger partial charge in [0, 0.05) is 22.2 Å². The van der Waals surface area contributed by atoms with Crippen LogP contribution in [-0.4, -0.2) is 34.8 Å². The maximum absolute atomic E-state index is 5.72. The van der Waals surface area contributed by atoms with Crippen molar-refractivity contribution in [1.82, 2.24) is 15.2 Å². The quantitative estimate of drug-likeness (QED) is 0.798. The number of piperidine rings is 1. The van der Waals surface area contributed by atoms with Gasteiger partial charge in [-0.25, -0.2) is 0 Å². The van der Waals surface area contributed by atoms with Crippen LogP contribution in [0.2, 0.25) is 0 Å². The average Bonchev–Trinajstić information content (AvgIpc) is 2.97. The molecule has 2 aromatic rings. The Morgan fingerprint density at radius 2 is 2.15 bits per heavy atom. The second kappa shape index (κ2) is 6.09. The van der Waals surface area contributed by atoms with E-state index < -0.39 is 0 Å². The lowest BCUT2D eigenvalue weighted by Crippen LogP contribution is -2.36. The lowest BCUT2D eigenvalue weighted by molar-refractivity contribution is 0.411. The molecule has 0 bridgehead atoms. The first kappa shape index (κ1) is 13.8. The number of hydrogen-bond donors (Lipinski definition) is 2. The Bertz CT molecular complexity index is 574. The molecule has 0 atom stereocenters. The number of H-pyrrole nitrogens is 1. The smallest absolute Gasteiger partial charge is 0.245 e. The molecule has 0 radical (unpaired) electrons. The first-order valence-corrected chi connectivity index (χ1v) is 7.97. The highest BCUT2D eigenvalue weighted by atomic mass is 127. The third-order valence-electron chi connectivity index (χ3n) is 3.80. The molecule has 5 nitrogen and oxygen atoms in total. The third kappa shape index (κ3) is 2.95. The lowest BCUT2D eigenvalue weighted by Gasteiger charge is -2.30. The van der Waals surface area contributed by atoms with Crippen LogP contribution in [0, 0.1) is 9.49 Å². The molecular formula is C14H18IN5. The summed E-state index contributed by atoms with van der Waals surface area (Å²) in [6.45, 7) is 2.77. The van der Waals surface area contributed by atoms with E-state index in [0.29, 0.717) is 5.92 Å². The van der Waals surface area contributed by atoms with E-state index >= 15 is 0 Å². The SMILES string of the molecule is NCC1CCN(c2n[nH]c(-c3cccc(I)c3)n2)CC1. The summed E-state index contributed by atoms with van der Waals surface area (Å²) in [5.41, 5.74) is 6.80. The fourth-order valence-corrected chi connectivity index (χ4v) is 3.07. The molecule has 0 amide bonds. The van der Waals surface area contributed by atoms with Crippen molar-refractivity contribution in [2.24, 2.45) is 11.7 Å². The van der Waals surface area contributed by atoms with Crippen molar-refractivity contribution < 1.29 is 0 Å². The second-order valence-corrected chi connectivity index (χ2v) is 6.41. The minimum Gasteiger partial charge on any atom is -0.340 e. The van der Waals surface area contributed by atoms with Gasteiger partial charge in [0.1, 0.15) is 0 Å². The van der Waals surface area contributed by atoms with E-state index in [-0.39, 0.29) is 0 Å². The Morgan fingerprint density at radius 1 is 1.35 bits per heavy atom. The number of aromatic nitrogens is 3. The molecule has 20 heavy (non-hydrogen) atoms. The first-order valence-electron chi connectivity index (χ1n) is 6.89. The number of nitrogens with zero attached hydrogens (tertiary/aromatic N) is 3. The Labute approximate surface area is 132 Å². The predicted molar refractivity (Wildman–Crippen MR) is 88.5 cm³/mol. The molecule has 3 rings (SSSR count). The summed E-state index contributed by atoms with van der Waals surface area (Å²) in [4.78, 5) is 6.86. The van der Waals surface area contributed by atoms with Crippen molar-refractivity contribution in [3.05, 3.63) is 27.8 Å². The van der Waals surface area contributed by atoms with E-state index in [1.165, 1.54) is 3.57 Å². The molecule has 1 saturated heterocycles. The number of aromatic amines is 1. The van der Waals surface area contributed by atoms with Crippen molar-refractivity contribution in [1.29, 1.82) is 0 Å². The van der Waals surface area contributed by atoms with Crippen LogP contribution in [0.5, 0.6) is 0 Å². The van der Waals surface area contributed by atoms with Gasteiger partial charge in [-0.3, -0.25) is 5.10 Å². The van der Waals surface area contributed by atoms with Gasteiger partial charge in [-0.05, 0) is 60.0 Å². The number of anilines is 1. The van der Waals surface area contributed by atoms with E-state index in [1.807, 2.05) is 12.1 Å². The van der Waals surface area contributed by atoms with Crippen molar-refractivity contribution in [3.8, 4) is 11.4 Å². The van der Waals surface area contributed by atoms with Gasteiger partial charge in [0.2, 0.25) is 5.95 Å². The van der Waals surface area contributed by atoms with E-state index in [1.54, 1.807) is 0 Å². The molecule has 1 fully saturated rings.